The number of carbonyl (C=O) groups excluding carboxylic acids is 3. The molecule has 5 rings (SSSR count). The van der Waals surface area contributed by atoms with E-state index in [2.05, 4.69) is 16.0 Å². The molecule has 1 atom stereocenters. The molecule has 0 aliphatic rings. The standard InChI is InChI=1S/C36H27F2N3O3S/c37-27-18-20-28(21-19-27)39-36(44)33(24-10-3-1-4-11-24)45-30-16-9-15-29(23-30)40-35(43)32(22-26-14-7-8-17-31(26)38)41-34(42)25-12-5-2-6-13-25/h1-23,33H,(H,39,44)(H,40,43)(H,41,42)/b32-22-. The third-order valence-corrected chi connectivity index (χ3v) is 7.78. The van der Waals surface area contributed by atoms with Crippen molar-refractivity contribution in [1.29, 1.82) is 0 Å². The van der Waals surface area contributed by atoms with Gasteiger partial charge in [-0.05, 0) is 72.3 Å². The highest BCUT2D eigenvalue weighted by atomic mass is 32.2. The van der Waals surface area contributed by atoms with Gasteiger partial charge in [0.1, 0.15) is 22.6 Å². The number of rotatable bonds is 10. The molecule has 3 N–H and O–H groups in total. The van der Waals surface area contributed by atoms with Gasteiger partial charge in [0, 0.05) is 27.4 Å². The van der Waals surface area contributed by atoms with Crippen LogP contribution in [-0.2, 0) is 9.59 Å². The van der Waals surface area contributed by atoms with Gasteiger partial charge in [-0.2, -0.15) is 0 Å². The largest absolute Gasteiger partial charge is 0.325 e. The lowest BCUT2D eigenvalue weighted by atomic mass is 10.1. The molecular weight excluding hydrogens is 592 g/mol. The summed E-state index contributed by atoms with van der Waals surface area (Å²) in [5.74, 6) is -2.48. The Morgan fingerprint density at radius 2 is 1.33 bits per heavy atom. The molecule has 224 valence electrons. The predicted octanol–water partition coefficient (Wildman–Crippen LogP) is 7.85. The minimum Gasteiger partial charge on any atom is -0.325 e. The Bertz CT molecular complexity index is 1830. The zero-order valence-corrected chi connectivity index (χ0v) is 24.6. The minimum absolute atomic E-state index is 0.123. The van der Waals surface area contributed by atoms with Crippen LogP contribution in [0.5, 0.6) is 0 Å². The van der Waals surface area contributed by atoms with Crippen LogP contribution >= 0.6 is 11.8 Å². The van der Waals surface area contributed by atoms with Crippen molar-refractivity contribution < 1.29 is 23.2 Å². The van der Waals surface area contributed by atoms with Crippen LogP contribution < -0.4 is 16.0 Å². The lowest BCUT2D eigenvalue weighted by Crippen LogP contribution is -2.30. The summed E-state index contributed by atoms with van der Waals surface area (Å²) in [6.45, 7) is 0. The Labute approximate surface area is 263 Å². The number of hydrogen-bond donors (Lipinski definition) is 3. The molecule has 0 spiro atoms. The van der Waals surface area contributed by atoms with Crippen LogP contribution in [0.25, 0.3) is 6.08 Å². The molecule has 5 aromatic rings. The van der Waals surface area contributed by atoms with E-state index in [9.17, 15) is 23.2 Å². The zero-order chi connectivity index (χ0) is 31.6. The van der Waals surface area contributed by atoms with Gasteiger partial charge in [0.15, 0.2) is 0 Å². The third kappa shape index (κ3) is 8.52. The Morgan fingerprint density at radius 1 is 0.667 bits per heavy atom. The van der Waals surface area contributed by atoms with E-state index in [-0.39, 0.29) is 17.2 Å². The quantitative estimate of drug-likeness (QED) is 0.110. The summed E-state index contributed by atoms with van der Waals surface area (Å²) in [6.07, 6.45) is 1.27. The molecule has 0 heterocycles. The Balaban J connectivity index is 1.38. The summed E-state index contributed by atoms with van der Waals surface area (Å²) < 4.78 is 27.9. The maximum atomic E-state index is 14.5. The molecule has 1 unspecified atom stereocenters. The van der Waals surface area contributed by atoms with Gasteiger partial charge in [-0.1, -0.05) is 72.8 Å². The van der Waals surface area contributed by atoms with E-state index in [1.807, 2.05) is 30.3 Å². The molecule has 5 aromatic carbocycles. The SMILES string of the molecule is O=C(Nc1cccc(SC(C(=O)Nc2ccc(F)cc2)c2ccccc2)c1)/C(=C/c1ccccc1F)NC(=O)c1ccccc1. The fourth-order valence-corrected chi connectivity index (χ4v) is 5.40. The first-order valence-corrected chi connectivity index (χ1v) is 14.8. The molecule has 9 heteroatoms. The van der Waals surface area contributed by atoms with Gasteiger partial charge in [0.25, 0.3) is 11.8 Å². The summed E-state index contributed by atoms with van der Waals surface area (Å²) >= 11 is 1.26. The fourth-order valence-electron chi connectivity index (χ4n) is 4.31. The van der Waals surface area contributed by atoms with Gasteiger partial charge in [0.2, 0.25) is 5.91 Å². The van der Waals surface area contributed by atoms with Crippen LogP contribution in [-0.4, -0.2) is 17.7 Å². The molecular formula is C36H27F2N3O3S. The molecule has 0 bridgehead atoms. The van der Waals surface area contributed by atoms with Crippen LogP contribution in [0.3, 0.4) is 0 Å². The van der Waals surface area contributed by atoms with Crippen LogP contribution in [0.15, 0.2) is 144 Å². The maximum absolute atomic E-state index is 14.5. The summed E-state index contributed by atoms with van der Waals surface area (Å²) in [6, 6.07) is 35.8. The van der Waals surface area contributed by atoms with Gasteiger partial charge >= 0.3 is 0 Å². The Hall–Kier alpha value is -5.54. The van der Waals surface area contributed by atoms with Crippen molar-refractivity contribution in [1.82, 2.24) is 5.32 Å². The van der Waals surface area contributed by atoms with Gasteiger partial charge in [0.05, 0.1) is 0 Å². The molecule has 6 nitrogen and oxygen atoms in total. The Morgan fingerprint density at radius 3 is 2.04 bits per heavy atom. The second kappa shape index (κ2) is 14.8. The molecule has 0 radical (unpaired) electrons. The van der Waals surface area contributed by atoms with E-state index in [1.54, 1.807) is 60.7 Å². The maximum Gasteiger partial charge on any atom is 0.272 e. The van der Waals surface area contributed by atoms with E-state index in [1.165, 1.54) is 60.3 Å². The van der Waals surface area contributed by atoms with E-state index in [0.717, 1.165) is 5.56 Å². The summed E-state index contributed by atoms with van der Waals surface area (Å²) in [5, 5.41) is 7.53. The van der Waals surface area contributed by atoms with E-state index < -0.39 is 28.7 Å². The van der Waals surface area contributed by atoms with Crippen LogP contribution in [0.2, 0.25) is 0 Å². The van der Waals surface area contributed by atoms with Crippen LogP contribution in [0, 0.1) is 11.6 Å². The molecule has 0 fully saturated rings. The number of carbonyl (C=O) groups is 3. The number of nitrogens with one attached hydrogen (secondary N) is 3. The molecule has 3 amide bonds. The molecule has 0 aliphatic heterocycles. The minimum atomic E-state index is -0.677. The molecule has 0 aromatic heterocycles. The topological polar surface area (TPSA) is 87.3 Å². The number of anilines is 2. The molecule has 45 heavy (non-hydrogen) atoms. The van der Waals surface area contributed by atoms with Crippen LogP contribution in [0.4, 0.5) is 20.2 Å². The summed E-state index contributed by atoms with van der Waals surface area (Å²) in [4.78, 5) is 40.5. The first-order chi connectivity index (χ1) is 21.9. The van der Waals surface area contributed by atoms with Crippen molar-refractivity contribution in [3.63, 3.8) is 0 Å². The third-order valence-electron chi connectivity index (χ3n) is 6.53. The van der Waals surface area contributed by atoms with Gasteiger partial charge in [-0.25, -0.2) is 8.78 Å². The molecule has 0 saturated heterocycles. The van der Waals surface area contributed by atoms with Crippen molar-refractivity contribution in [2.24, 2.45) is 0 Å². The predicted molar refractivity (Wildman–Crippen MR) is 173 cm³/mol. The number of amides is 3. The first kappa shape index (κ1) is 30.9. The highest BCUT2D eigenvalue weighted by Crippen LogP contribution is 2.37. The first-order valence-electron chi connectivity index (χ1n) is 13.9. The average Bonchev–Trinajstić information content (AvgIpc) is 3.06. The normalized spacial score (nSPS) is 11.7. The number of hydrogen-bond acceptors (Lipinski definition) is 4. The van der Waals surface area contributed by atoms with Crippen molar-refractivity contribution in [2.75, 3.05) is 10.6 Å². The van der Waals surface area contributed by atoms with E-state index in [0.29, 0.717) is 21.8 Å². The number of thioether (sulfide) groups is 1. The van der Waals surface area contributed by atoms with Crippen molar-refractivity contribution >= 4 is 46.9 Å². The lowest BCUT2D eigenvalue weighted by Gasteiger charge is -2.18. The molecule has 0 saturated carbocycles. The van der Waals surface area contributed by atoms with Crippen LogP contribution in [0.1, 0.15) is 26.7 Å². The fraction of sp³-hybridized carbons (Fsp3) is 0.0278. The highest BCUT2D eigenvalue weighted by molar-refractivity contribution is 8.00. The van der Waals surface area contributed by atoms with Crippen molar-refractivity contribution in [3.8, 4) is 0 Å². The van der Waals surface area contributed by atoms with Gasteiger partial charge < -0.3 is 16.0 Å². The summed E-state index contributed by atoms with van der Waals surface area (Å²) in [7, 11) is 0. The van der Waals surface area contributed by atoms with Gasteiger partial charge in [-0.15, -0.1) is 11.8 Å². The smallest absolute Gasteiger partial charge is 0.272 e. The monoisotopic (exact) mass is 619 g/mol. The zero-order valence-electron chi connectivity index (χ0n) is 23.7. The second-order valence-corrected chi connectivity index (χ2v) is 11.0. The number of halogens is 2. The molecule has 0 aliphatic carbocycles. The Kier molecular flexibility index (Phi) is 10.1. The second-order valence-electron chi connectivity index (χ2n) is 9.79. The average molecular weight is 620 g/mol. The summed E-state index contributed by atoms with van der Waals surface area (Å²) in [5.41, 5.74) is 1.88. The highest BCUT2D eigenvalue weighted by Gasteiger charge is 2.23. The van der Waals surface area contributed by atoms with Crippen molar-refractivity contribution in [3.05, 3.63) is 167 Å². The lowest BCUT2D eigenvalue weighted by molar-refractivity contribution is -0.116. The van der Waals surface area contributed by atoms with E-state index >= 15 is 0 Å². The van der Waals surface area contributed by atoms with Crippen molar-refractivity contribution in [2.45, 2.75) is 10.1 Å². The van der Waals surface area contributed by atoms with Gasteiger partial charge in [-0.3, -0.25) is 14.4 Å². The van der Waals surface area contributed by atoms with E-state index in [4.69, 9.17) is 0 Å². The number of benzene rings is 5.